The quantitative estimate of drug-likeness (QED) is 0.835. The van der Waals surface area contributed by atoms with E-state index in [1.165, 1.54) is 7.11 Å². The first-order valence-electron chi connectivity index (χ1n) is 8.27. The largest absolute Gasteiger partial charge is 0.496 e. The third-order valence-electron chi connectivity index (χ3n) is 5.39. The molecule has 4 rings (SSSR count). The molecule has 0 spiro atoms. The summed E-state index contributed by atoms with van der Waals surface area (Å²) in [5, 5.41) is 3.98. The lowest BCUT2D eigenvalue weighted by Gasteiger charge is -2.16. The number of pyridine rings is 1. The number of methoxy groups -OCH3 is 1. The molecule has 2 amide bonds. The van der Waals surface area contributed by atoms with Gasteiger partial charge in [-0.3, -0.25) is 9.59 Å². The Kier molecular flexibility index (Phi) is 3.54. The molecular weight excluding hydrogens is 341 g/mol. The third kappa shape index (κ3) is 2.21. The molecule has 2 aliphatic rings. The van der Waals surface area contributed by atoms with Crippen molar-refractivity contribution in [3.05, 3.63) is 30.0 Å². The van der Waals surface area contributed by atoms with Gasteiger partial charge in [-0.05, 0) is 23.6 Å². The summed E-state index contributed by atoms with van der Waals surface area (Å²) in [4.78, 5) is 27.5. The Labute approximate surface area is 148 Å². The predicted molar refractivity (Wildman–Crippen MR) is 90.7 cm³/mol. The van der Waals surface area contributed by atoms with E-state index >= 15 is 0 Å². The summed E-state index contributed by atoms with van der Waals surface area (Å²) >= 11 is 0. The molecule has 1 saturated carbocycles. The zero-order valence-electron chi connectivity index (χ0n) is 14.3. The number of hydrogen-bond acceptors (Lipinski definition) is 5. The van der Waals surface area contributed by atoms with E-state index in [-0.39, 0.29) is 24.0 Å². The van der Waals surface area contributed by atoms with Crippen LogP contribution in [0.4, 0.5) is 4.39 Å². The van der Waals surface area contributed by atoms with E-state index in [0.717, 1.165) is 0 Å². The smallest absolute Gasteiger partial charge is 0.258 e. The predicted octanol–water partition coefficient (Wildman–Crippen LogP) is 1.19. The first-order valence-corrected chi connectivity index (χ1v) is 8.27. The van der Waals surface area contributed by atoms with E-state index < -0.39 is 23.5 Å². The Morgan fingerprint density at radius 2 is 2.23 bits per heavy atom. The number of rotatable bonds is 5. The first kappa shape index (κ1) is 16.6. The number of alkyl halides is 1. The second kappa shape index (κ2) is 5.55. The molecule has 4 atom stereocenters. The molecule has 7 nitrogen and oxygen atoms in total. The molecule has 1 saturated heterocycles. The maximum atomic E-state index is 14.4. The summed E-state index contributed by atoms with van der Waals surface area (Å²) in [6.07, 6.45) is 1.54. The molecule has 1 unspecified atom stereocenters. The van der Waals surface area contributed by atoms with Gasteiger partial charge < -0.3 is 20.5 Å². The Morgan fingerprint density at radius 1 is 1.46 bits per heavy atom. The van der Waals surface area contributed by atoms with Gasteiger partial charge in [0.1, 0.15) is 12.4 Å². The third-order valence-corrected chi connectivity index (χ3v) is 5.39. The van der Waals surface area contributed by atoms with Gasteiger partial charge in [-0.15, -0.1) is 0 Å². The van der Waals surface area contributed by atoms with Crippen molar-refractivity contribution in [2.45, 2.75) is 18.6 Å². The van der Waals surface area contributed by atoms with Gasteiger partial charge >= 0.3 is 0 Å². The van der Waals surface area contributed by atoms with Crippen LogP contribution in [0, 0.1) is 11.8 Å². The number of benzene rings is 1. The van der Waals surface area contributed by atoms with Crippen LogP contribution in [0.5, 0.6) is 11.6 Å². The minimum atomic E-state index is -1.76. The lowest BCUT2D eigenvalue weighted by molar-refractivity contribution is -0.126. The van der Waals surface area contributed by atoms with Gasteiger partial charge in [0.25, 0.3) is 11.8 Å². The summed E-state index contributed by atoms with van der Waals surface area (Å²) in [5.74, 6) is -1.21. The number of nitrogens with two attached hydrogens (primary N) is 1. The number of aromatic nitrogens is 1. The second-order valence-electron chi connectivity index (χ2n) is 6.73. The molecule has 2 aromatic rings. The number of carbonyl (C=O) groups excluding carboxylic acids is 2. The van der Waals surface area contributed by atoms with Crippen LogP contribution in [-0.4, -0.2) is 42.2 Å². The fraction of sp³-hybridized carbons (Fsp3) is 0.389. The molecule has 1 aliphatic carbocycles. The summed E-state index contributed by atoms with van der Waals surface area (Å²) in [6.45, 7) is 1.83. The van der Waals surface area contributed by atoms with Crippen molar-refractivity contribution in [1.29, 1.82) is 0 Å². The van der Waals surface area contributed by atoms with Crippen LogP contribution in [0.3, 0.4) is 0 Å². The maximum absolute atomic E-state index is 14.4. The number of nitrogens with zero attached hydrogens (tertiary/aromatic N) is 1. The second-order valence-corrected chi connectivity index (χ2v) is 6.73. The zero-order valence-corrected chi connectivity index (χ0v) is 14.3. The number of halogens is 1. The van der Waals surface area contributed by atoms with E-state index in [2.05, 4.69) is 10.3 Å². The van der Waals surface area contributed by atoms with E-state index in [1.807, 2.05) is 0 Å². The zero-order chi connectivity index (χ0) is 18.6. The van der Waals surface area contributed by atoms with Crippen LogP contribution in [0.2, 0.25) is 0 Å². The monoisotopic (exact) mass is 359 g/mol. The van der Waals surface area contributed by atoms with Crippen molar-refractivity contribution in [3.8, 4) is 11.6 Å². The Balaban J connectivity index is 1.61. The summed E-state index contributed by atoms with van der Waals surface area (Å²) in [7, 11) is 1.44. The summed E-state index contributed by atoms with van der Waals surface area (Å²) < 4.78 is 25.4. The van der Waals surface area contributed by atoms with Crippen molar-refractivity contribution in [3.63, 3.8) is 0 Å². The van der Waals surface area contributed by atoms with Crippen LogP contribution < -0.4 is 20.5 Å². The van der Waals surface area contributed by atoms with Crippen LogP contribution in [0.15, 0.2) is 24.4 Å². The van der Waals surface area contributed by atoms with Gasteiger partial charge in [0.15, 0.2) is 5.67 Å². The molecular formula is C18H18FN3O4. The molecule has 1 aromatic heterocycles. The lowest BCUT2D eigenvalue weighted by atomic mass is 10.1. The molecule has 8 heteroatoms. The number of hydrogen-bond donors (Lipinski definition) is 2. The Hall–Kier alpha value is -2.90. The summed E-state index contributed by atoms with van der Waals surface area (Å²) in [5.41, 5.74) is 3.87. The number of piperidine rings is 1. The Morgan fingerprint density at radius 3 is 2.85 bits per heavy atom. The number of primary amides is 1. The molecule has 136 valence electrons. The molecule has 0 radical (unpaired) electrons. The SMILES string of the molecule is COc1cc2c(OC[C@H]3NC(=O)[C@]4(F)C(C)[C@H]34)nccc2cc1C(N)=O. The topological polar surface area (TPSA) is 104 Å². The number of amides is 2. The number of fused-ring (bicyclic) bond motifs is 2. The molecule has 2 heterocycles. The van der Waals surface area contributed by atoms with Gasteiger partial charge in [-0.2, -0.15) is 0 Å². The van der Waals surface area contributed by atoms with Crippen molar-refractivity contribution in [2.24, 2.45) is 17.6 Å². The Bertz CT molecular complexity index is 934. The highest BCUT2D eigenvalue weighted by atomic mass is 19.1. The minimum absolute atomic E-state index is 0.110. The molecule has 3 N–H and O–H groups in total. The van der Waals surface area contributed by atoms with Gasteiger partial charge in [-0.25, -0.2) is 9.37 Å². The molecule has 1 aromatic carbocycles. The van der Waals surface area contributed by atoms with Crippen LogP contribution in [0.1, 0.15) is 17.3 Å². The van der Waals surface area contributed by atoms with Crippen LogP contribution >= 0.6 is 0 Å². The highest BCUT2D eigenvalue weighted by molar-refractivity contribution is 6.01. The first-order chi connectivity index (χ1) is 12.4. The fourth-order valence-corrected chi connectivity index (χ4v) is 3.89. The maximum Gasteiger partial charge on any atom is 0.258 e. The fourth-order valence-electron chi connectivity index (χ4n) is 3.89. The molecule has 1 aliphatic heterocycles. The van der Waals surface area contributed by atoms with Gasteiger partial charge in [0.05, 0.1) is 18.7 Å². The number of carbonyl (C=O) groups is 2. The number of nitrogens with one attached hydrogen (secondary N) is 1. The van der Waals surface area contributed by atoms with Crippen LogP contribution in [0.25, 0.3) is 10.8 Å². The average molecular weight is 359 g/mol. The van der Waals surface area contributed by atoms with E-state index in [4.69, 9.17) is 15.2 Å². The molecule has 26 heavy (non-hydrogen) atoms. The standard InChI is InChI=1S/C18H18FN3O4/c1-8-14-12(22-17(24)18(8,14)19)7-26-16-10-6-13(25-2)11(15(20)23)5-9(10)3-4-21-16/h3-6,8,12,14H,7H2,1-2H3,(H2,20,23)(H,22,24)/t8?,12-,14-,18+/m1/s1. The minimum Gasteiger partial charge on any atom is -0.496 e. The van der Waals surface area contributed by atoms with Crippen molar-refractivity contribution in [2.75, 3.05) is 13.7 Å². The van der Waals surface area contributed by atoms with Gasteiger partial charge in [-0.1, -0.05) is 6.92 Å². The normalized spacial score (nSPS) is 29.2. The number of ether oxygens (including phenoxy) is 2. The van der Waals surface area contributed by atoms with Crippen LogP contribution in [-0.2, 0) is 4.79 Å². The van der Waals surface area contributed by atoms with Crippen molar-refractivity contribution >= 4 is 22.6 Å². The van der Waals surface area contributed by atoms with Crippen molar-refractivity contribution < 1.29 is 23.5 Å². The van der Waals surface area contributed by atoms with E-state index in [0.29, 0.717) is 22.4 Å². The lowest BCUT2D eigenvalue weighted by Crippen LogP contribution is -2.38. The van der Waals surface area contributed by atoms with E-state index in [1.54, 1.807) is 31.3 Å². The van der Waals surface area contributed by atoms with E-state index in [9.17, 15) is 14.0 Å². The molecule has 0 bridgehead atoms. The average Bonchev–Trinajstić information content (AvgIpc) is 3.07. The van der Waals surface area contributed by atoms with Crippen molar-refractivity contribution in [1.82, 2.24) is 10.3 Å². The summed E-state index contributed by atoms with van der Waals surface area (Å²) in [6, 6.07) is 4.56. The highest BCUT2D eigenvalue weighted by Crippen LogP contribution is 2.59. The van der Waals surface area contributed by atoms with Gasteiger partial charge in [0, 0.05) is 23.4 Å². The van der Waals surface area contributed by atoms with Gasteiger partial charge in [0.2, 0.25) is 5.88 Å². The highest BCUT2D eigenvalue weighted by Gasteiger charge is 2.75. The molecule has 2 fully saturated rings.